The molecule has 3 aliphatic heterocycles. The third kappa shape index (κ3) is 1.13. The minimum Gasteiger partial charge on any atom is -0.370 e. The number of carbonyl (C=O) groups is 1. The van der Waals surface area contributed by atoms with Crippen LogP contribution in [0.5, 0.6) is 0 Å². The summed E-state index contributed by atoms with van der Waals surface area (Å²) < 4.78 is 0. The van der Waals surface area contributed by atoms with Gasteiger partial charge in [-0.3, -0.25) is 15.0 Å². The number of aliphatic imine (C=N–C) groups is 1. The van der Waals surface area contributed by atoms with Gasteiger partial charge >= 0.3 is 0 Å². The number of nitrogens with zero attached hydrogens (tertiary/aromatic N) is 2. The summed E-state index contributed by atoms with van der Waals surface area (Å²) in [4.78, 5) is 18.7. The Hall–Kier alpha value is -1.10. The van der Waals surface area contributed by atoms with Crippen molar-refractivity contribution in [3.8, 4) is 0 Å². The topological polar surface area (TPSA) is 70.7 Å². The third-order valence-corrected chi connectivity index (χ3v) is 3.90. The van der Waals surface area contributed by atoms with Gasteiger partial charge < -0.3 is 5.73 Å². The van der Waals surface area contributed by atoms with Crippen molar-refractivity contribution >= 4 is 11.9 Å². The number of carbonyl (C=O) groups excluding carboxylic acids is 1. The minimum absolute atomic E-state index is 0.00870. The van der Waals surface area contributed by atoms with E-state index in [9.17, 15) is 4.79 Å². The van der Waals surface area contributed by atoms with Crippen LogP contribution in [0.3, 0.4) is 0 Å². The molecule has 0 saturated carbocycles. The molecule has 0 aromatic carbocycles. The van der Waals surface area contributed by atoms with Crippen LogP contribution in [0.25, 0.3) is 0 Å². The number of amides is 1. The predicted molar refractivity (Wildman–Crippen MR) is 56.3 cm³/mol. The summed E-state index contributed by atoms with van der Waals surface area (Å²) in [5.74, 6) is 0.307. The smallest absolute Gasteiger partial charge is 0.256 e. The molecular weight excluding hydrogens is 192 g/mol. The van der Waals surface area contributed by atoms with Crippen molar-refractivity contribution in [2.45, 2.75) is 37.3 Å². The minimum atomic E-state index is -0.551. The molecule has 0 bridgehead atoms. The fraction of sp³-hybridized carbons (Fsp3) is 0.800. The Labute approximate surface area is 88.7 Å². The molecule has 1 spiro atoms. The summed E-state index contributed by atoms with van der Waals surface area (Å²) in [5, 5.41) is 2.64. The Morgan fingerprint density at radius 1 is 1.47 bits per heavy atom. The highest BCUT2D eigenvalue weighted by Crippen LogP contribution is 2.39. The number of nitrogens with one attached hydrogen (secondary N) is 1. The number of hydrogen-bond donors (Lipinski definition) is 2. The van der Waals surface area contributed by atoms with Gasteiger partial charge in [0.05, 0.1) is 0 Å². The molecular formula is C10H16N4O. The molecule has 3 heterocycles. The monoisotopic (exact) mass is 208 g/mol. The number of hydrogen-bond acceptors (Lipinski definition) is 4. The van der Waals surface area contributed by atoms with Crippen LogP contribution >= 0.6 is 0 Å². The first-order valence-corrected chi connectivity index (χ1v) is 5.63. The van der Waals surface area contributed by atoms with Gasteiger partial charge in [-0.2, -0.15) is 0 Å². The second-order valence-electron chi connectivity index (χ2n) is 4.67. The van der Waals surface area contributed by atoms with E-state index in [0.717, 1.165) is 25.9 Å². The summed E-state index contributed by atoms with van der Waals surface area (Å²) in [6.07, 6.45) is 4.34. The Kier molecular flexibility index (Phi) is 1.80. The van der Waals surface area contributed by atoms with Gasteiger partial charge in [0.25, 0.3) is 5.91 Å². The number of rotatable bonds is 0. The molecule has 82 valence electrons. The molecule has 5 nitrogen and oxygen atoms in total. The molecule has 0 aliphatic carbocycles. The summed E-state index contributed by atoms with van der Waals surface area (Å²) in [6.45, 7) is 2.09. The molecule has 15 heavy (non-hydrogen) atoms. The van der Waals surface area contributed by atoms with E-state index in [1.807, 2.05) is 0 Å². The zero-order valence-corrected chi connectivity index (χ0v) is 8.70. The molecule has 2 fully saturated rings. The Bertz CT molecular complexity index is 340. The van der Waals surface area contributed by atoms with Crippen LogP contribution < -0.4 is 11.1 Å². The van der Waals surface area contributed by atoms with Gasteiger partial charge in [-0.05, 0) is 25.8 Å². The van der Waals surface area contributed by atoms with E-state index in [4.69, 9.17) is 5.73 Å². The fourth-order valence-corrected chi connectivity index (χ4v) is 3.19. The van der Waals surface area contributed by atoms with Gasteiger partial charge in [0, 0.05) is 12.6 Å². The van der Waals surface area contributed by atoms with Crippen LogP contribution in [0.15, 0.2) is 4.99 Å². The number of nitrogens with two attached hydrogens (primary N) is 1. The van der Waals surface area contributed by atoms with E-state index in [2.05, 4.69) is 15.2 Å². The van der Waals surface area contributed by atoms with E-state index >= 15 is 0 Å². The second kappa shape index (κ2) is 2.95. The average Bonchev–Trinajstić information content (AvgIpc) is 2.72. The highest BCUT2D eigenvalue weighted by molar-refractivity contribution is 6.07. The molecule has 1 amide bonds. The quantitative estimate of drug-likeness (QED) is 0.560. The average molecular weight is 208 g/mol. The van der Waals surface area contributed by atoms with Gasteiger partial charge in [0.1, 0.15) is 0 Å². The van der Waals surface area contributed by atoms with Crippen molar-refractivity contribution in [1.29, 1.82) is 0 Å². The second-order valence-corrected chi connectivity index (χ2v) is 4.67. The van der Waals surface area contributed by atoms with Crippen LogP contribution in [0.4, 0.5) is 0 Å². The maximum absolute atomic E-state index is 11.9. The van der Waals surface area contributed by atoms with E-state index in [1.165, 1.54) is 12.8 Å². The molecule has 0 radical (unpaired) electrons. The first kappa shape index (κ1) is 9.15. The molecule has 0 aromatic heterocycles. The lowest BCUT2D eigenvalue weighted by Crippen LogP contribution is -2.51. The van der Waals surface area contributed by atoms with Gasteiger partial charge in [-0.15, -0.1) is 0 Å². The lowest BCUT2D eigenvalue weighted by atomic mass is 9.86. The van der Waals surface area contributed by atoms with Crippen molar-refractivity contribution in [3.05, 3.63) is 0 Å². The molecule has 2 unspecified atom stereocenters. The molecule has 5 heteroatoms. The van der Waals surface area contributed by atoms with E-state index < -0.39 is 5.54 Å². The fourth-order valence-electron chi connectivity index (χ4n) is 3.19. The molecule has 3 N–H and O–H groups in total. The molecule has 2 saturated heterocycles. The first-order chi connectivity index (χ1) is 7.22. The number of guanidine groups is 1. The Morgan fingerprint density at radius 3 is 3.07 bits per heavy atom. The van der Waals surface area contributed by atoms with E-state index in [-0.39, 0.29) is 11.9 Å². The summed E-state index contributed by atoms with van der Waals surface area (Å²) >= 11 is 0. The SMILES string of the molecule is NC1=NC2(CCN3CCCCC32)C(=O)N1. The van der Waals surface area contributed by atoms with Crippen LogP contribution in [0.1, 0.15) is 25.7 Å². The van der Waals surface area contributed by atoms with Crippen LogP contribution in [-0.2, 0) is 4.79 Å². The van der Waals surface area contributed by atoms with Crippen molar-refractivity contribution in [1.82, 2.24) is 10.2 Å². The summed E-state index contributed by atoms with van der Waals surface area (Å²) in [7, 11) is 0. The summed E-state index contributed by atoms with van der Waals surface area (Å²) in [6, 6.07) is 0.285. The third-order valence-electron chi connectivity index (χ3n) is 3.90. The number of piperidine rings is 1. The molecule has 3 rings (SSSR count). The van der Waals surface area contributed by atoms with Crippen molar-refractivity contribution in [2.24, 2.45) is 10.7 Å². The molecule has 0 aromatic rings. The molecule has 3 aliphatic rings. The molecule has 2 atom stereocenters. The normalized spacial score (nSPS) is 40.4. The lowest BCUT2D eigenvalue weighted by molar-refractivity contribution is -0.124. The maximum Gasteiger partial charge on any atom is 0.256 e. The predicted octanol–water partition coefficient (Wildman–Crippen LogP) is -0.572. The zero-order valence-electron chi connectivity index (χ0n) is 8.70. The Balaban J connectivity index is 1.95. The van der Waals surface area contributed by atoms with Gasteiger partial charge in [0.15, 0.2) is 11.5 Å². The van der Waals surface area contributed by atoms with Crippen molar-refractivity contribution < 1.29 is 4.79 Å². The number of fused-ring (bicyclic) bond motifs is 2. The van der Waals surface area contributed by atoms with Crippen LogP contribution in [0.2, 0.25) is 0 Å². The van der Waals surface area contributed by atoms with Gasteiger partial charge in [0.2, 0.25) is 0 Å². The van der Waals surface area contributed by atoms with E-state index in [0.29, 0.717) is 5.96 Å². The lowest BCUT2D eigenvalue weighted by Gasteiger charge is -2.34. The van der Waals surface area contributed by atoms with E-state index in [1.54, 1.807) is 0 Å². The first-order valence-electron chi connectivity index (χ1n) is 5.63. The van der Waals surface area contributed by atoms with Crippen molar-refractivity contribution in [2.75, 3.05) is 13.1 Å². The Morgan fingerprint density at radius 2 is 2.33 bits per heavy atom. The van der Waals surface area contributed by atoms with Gasteiger partial charge in [-0.1, -0.05) is 6.42 Å². The van der Waals surface area contributed by atoms with Crippen molar-refractivity contribution in [3.63, 3.8) is 0 Å². The standard InChI is InChI=1S/C10H16N4O/c11-9-12-8(15)10(13-9)4-6-14-5-2-1-3-7(10)14/h7H,1-6H2,(H3,11,12,13,15). The maximum atomic E-state index is 11.9. The van der Waals surface area contributed by atoms with Crippen LogP contribution in [-0.4, -0.2) is 41.4 Å². The van der Waals surface area contributed by atoms with Gasteiger partial charge in [-0.25, -0.2) is 4.99 Å². The van der Waals surface area contributed by atoms with Crippen LogP contribution in [0, 0.1) is 0 Å². The zero-order chi connectivity index (χ0) is 10.5. The largest absolute Gasteiger partial charge is 0.370 e. The highest BCUT2D eigenvalue weighted by atomic mass is 16.2. The highest BCUT2D eigenvalue weighted by Gasteiger charge is 2.55. The summed E-state index contributed by atoms with van der Waals surface area (Å²) in [5.41, 5.74) is 5.05.